The molecule has 0 aromatic heterocycles. The van der Waals surface area contributed by atoms with Crippen molar-refractivity contribution in [2.24, 2.45) is 35.0 Å². The van der Waals surface area contributed by atoms with Gasteiger partial charge in [-0.05, 0) is 171 Å². The van der Waals surface area contributed by atoms with Gasteiger partial charge in [0, 0.05) is 0 Å². The SMILES string of the molecule is C/C(CCCC[Si](C)(C)O[SiH](C)C)=C1\C(C)C2CC(C)(CCCC[Si](C)(C)O[SiH](C)C)C2C(C)C1CC[Si](C)(C)O[SiH](C)C. The quantitative estimate of drug-likeness (QED) is 0.0757. The molecule has 0 aromatic carbocycles. The van der Waals surface area contributed by atoms with Gasteiger partial charge in [-0.25, -0.2) is 0 Å². The van der Waals surface area contributed by atoms with E-state index in [1.165, 1.54) is 69.5 Å². The lowest BCUT2D eigenvalue weighted by atomic mass is 9.41. The molecule has 2 fully saturated rings. The fourth-order valence-corrected chi connectivity index (χ4v) is 29.9. The first kappa shape index (κ1) is 41.1. The van der Waals surface area contributed by atoms with Gasteiger partial charge >= 0.3 is 0 Å². The second kappa shape index (κ2) is 17.0. The van der Waals surface area contributed by atoms with Crippen molar-refractivity contribution in [3.63, 3.8) is 0 Å². The molecule has 0 heterocycles. The molecule has 9 heteroatoms. The van der Waals surface area contributed by atoms with Crippen molar-refractivity contribution < 1.29 is 12.3 Å². The summed E-state index contributed by atoms with van der Waals surface area (Å²) in [6.07, 6.45) is 10.9. The molecule has 6 atom stereocenters. The Balaban J connectivity index is 2.18. The molecule has 0 aromatic rings. The number of hydrogen-bond donors (Lipinski definition) is 0. The molecule has 0 bridgehead atoms. The first-order valence-electron chi connectivity index (χ1n) is 18.8. The topological polar surface area (TPSA) is 27.7 Å². The minimum Gasteiger partial charge on any atom is -0.458 e. The minimum absolute atomic E-state index is 0.527. The first-order valence-corrected chi connectivity index (χ1v) is 36.5. The van der Waals surface area contributed by atoms with E-state index in [4.69, 9.17) is 12.3 Å². The van der Waals surface area contributed by atoms with Gasteiger partial charge in [-0.3, -0.25) is 0 Å². The number of unbranched alkanes of at least 4 members (excludes halogenated alkanes) is 2. The lowest BCUT2D eigenvalue weighted by Gasteiger charge is -2.64. The van der Waals surface area contributed by atoms with Crippen molar-refractivity contribution in [1.29, 1.82) is 0 Å². The maximum absolute atomic E-state index is 6.70. The molecular formula is C35H78O3Si6. The molecule has 2 rings (SSSR count). The summed E-state index contributed by atoms with van der Waals surface area (Å²) in [4.78, 5) is 0. The van der Waals surface area contributed by atoms with Crippen LogP contribution < -0.4 is 0 Å². The fourth-order valence-electron chi connectivity index (χ4n) is 9.92. The molecule has 0 amide bonds. The lowest BCUT2D eigenvalue weighted by molar-refractivity contribution is -0.121. The monoisotopic (exact) mass is 714 g/mol. The Bertz CT molecular complexity index is 918. The predicted octanol–water partition coefficient (Wildman–Crippen LogP) is 11.2. The Morgan fingerprint density at radius 3 is 1.66 bits per heavy atom. The van der Waals surface area contributed by atoms with Crippen molar-refractivity contribution in [3.8, 4) is 0 Å². The highest BCUT2D eigenvalue weighted by molar-refractivity contribution is 6.78. The van der Waals surface area contributed by atoms with Crippen LogP contribution in [0.3, 0.4) is 0 Å². The molecule has 2 saturated carbocycles. The summed E-state index contributed by atoms with van der Waals surface area (Å²) in [5.74, 6) is 4.05. The second-order valence-corrected chi connectivity index (χ2v) is 39.4. The van der Waals surface area contributed by atoms with Crippen LogP contribution in [0.1, 0.15) is 79.1 Å². The zero-order valence-electron chi connectivity index (χ0n) is 32.6. The molecule has 6 unspecified atom stereocenters. The molecule has 44 heavy (non-hydrogen) atoms. The number of allylic oxidation sites excluding steroid dienone is 2. The number of hydrogen-bond acceptors (Lipinski definition) is 3. The zero-order chi connectivity index (χ0) is 33.7. The maximum Gasteiger partial charge on any atom is 0.173 e. The first-order chi connectivity index (χ1) is 20.1. The largest absolute Gasteiger partial charge is 0.458 e. The minimum atomic E-state index is -1.62. The smallest absolute Gasteiger partial charge is 0.173 e. The van der Waals surface area contributed by atoms with Gasteiger partial charge in [0.2, 0.25) is 0 Å². The summed E-state index contributed by atoms with van der Waals surface area (Å²) >= 11 is 0. The summed E-state index contributed by atoms with van der Waals surface area (Å²) in [6, 6.07) is 3.98. The summed E-state index contributed by atoms with van der Waals surface area (Å²) in [5, 5.41) is 0. The molecular weight excluding hydrogens is 637 g/mol. The third kappa shape index (κ3) is 12.4. The van der Waals surface area contributed by atoms with E-state index in [0.29, 0.717) is 5.41 Å². The molecule has 260 valence electrons. The Labute approximate surface area is 285 Å². The predicted molar refractivity (Wildman–Crippen MR) is 213 cm³/mol. The van der Waals surface area contributed by atoms with Crippen molar-refractivity contribution in [3.05, 3.63) is 11.1 Å². The normalized spacial score (nSPS) is 29.4. The van der Waals surface area contributed by atoms with E-state index in [9.17, 15) is 0 Å². The van der Waals surface area contributed by atoms with E-state index in [-0.39, 0.29) is 0 Å². The van der Waals surface area contributed by atoms with Crippen LogP contribution in [0.25, 0.3) is 0 Å². The van der Waals surface area contributed by atoms with Gasteiger partial charge in [-0.1, -0.05) is 51.2 Å². The van der Waals surface area contributed by atoms with Crippen LogP contribution in [0.4, 0.5) is 0 Å². The molecule has 0 spiro atoms. The van der Waals surface area contributed by atoms with E-state index in [2.05, 4.69) is 106 Å². The Kier molecular flexibility index (Phi) is 15.9. The average molecular weight is 716 g/mol. The third-order valence-corrected chi connectivity index (χ3v) is 29.2. The Hall–Kier alpha value is 0.921. The third-order valence-electron chi connectivity index (χ3n) is 11.3. The van der Waals surface area contributed by atoms with E-state index >= 15 is 0 Å². The summed E-state index contributed by atoms with van der Waals surface area (Å²) in [7, 11) is -7.45. The highest BCUT2D eigenvalue weighted by atomic mass is 28.4. The lowest BCUT2D eigenvalue weighted by Crippen LogP contribution is -2.57. The van der Waals surface area contributed by atoms with E-state index in [1.54, 1.807) is 5.57 Å². The standard InChI is InChI=1S/C35H78O3Si6/c1-28(21-17-19-24-42(11,12)36-39(5)6)33-29(2)32-27-35(4,23-18-20-25-43(13,14)37-40(7)8)34(32)30(3)31(33)22-26-44(15,16)38-41(9)10/h29-32,34,39-41H,17-27H2,1-16H3/b33-28-. The van der Waals surface area contributed by atoms with Crippen LogP contribution in [0, 0.1) is 35.0 Å². The van der Waals surface area contributed by atoms with E-state index < -0.39 is 52.1 Å². The van der Waals surface area contributed by atoms with Crippen LogP contribution >= 0.6 is 0 Å². The molecule has 0 saturated heterocycles. The highest BCUT2D eigenvalue weighted by Crippen LogP contribution is 2.66. The molecule has 2 aliphatic carbocycles. The van der Waals surface area contributed by atoms with Crippen LogP contribution in [-0.2, 0) is 12.3 Å². The number of fused-ring (bicyclic) bond motifs is 1. The Morgan fingerprint density at radius 1 is 0.727 bits per heavy atom. The second-order valence-electron chi connectivity index (χ2n) is 18.3. The summed E-state index contributed by atoms with van der Waals surface area (Å²) in [5.41, 5.74) is 4.16. The van der Waals surface area contributed by atoms with E-state index in [0.717, 1.165) is 29.6 Å². The molecule has 3 nitrogen and oxygen atoms in total. The van der Waals surface area contributed by atoms with Crippen molar-refractivity contribution in [2.75, 3.05) is 0 Å². The Morgan fingerprint density at radius 2 is 1.18 bits per heavy atom. The van der Waals surface area contributed by atoms with Crippen LogP contribution in [-0.4, -0.2) is 52.1 Å². The fraction of sp³-hybridized carbons (Fsp3) is 0.943. The van der Waals surface area contributed by atoms with Gasteiger partial charge in [0.25, 0.3) is 0 Å². The van der Waals surface area contributed by atoms with Gasteiger partial charge < -0.3 is 12.3 Å². The van der Waals surface area contributed by atoms with Gasteiger partial charge in [0.1, 0.15) is 0 Å². The van der Waals surface area contributed by atoms with Gasteiger partial charge in [0.15, 0.2) is 52.1 Å². The highest BCUT2D eigenvalue weighted by Gasteiger charge is 2.59. The van der Waals surface area contributed by atoms with Gasteiger partial charge in [0.05, 0.1) is 0 Å². The summed E-state index contributed by atoms with van der Waals surface area (Å²) in [6.45, 7) is 39.3. The van der Waals surface area contributed by atoms with Crippen molar-refractivity contribution >= 4 is 52.1 Å². The molecule has 0 N–H and O–H groups in total. The van der Waals surface area contributed by atoms with Crippen LogP contribution in [0.15, 0.2) is 11.1 Å². The van der Waals surface area contributed by atoms with Crippen LogP contribution in [0.5, 0.6) is 0 Å². The maximum atomic E-state index is 6.70. The summed E-state index contributed by atoms with van der Waals surface area (Å²) < 4.78 is 19.7. The molecule has 2 aliphatic rings. The van der Waals surface area contributed by atoms with Crippen molar-refractivity contribution in [1.82, 2.24) is 0 Å². The van der Waals surface area contributed by atoms with Gasteiger partial charge in [-0.15, -0.1) is 0 Å². The van der Waals surface area contributed by atoms with Crippen LogP contribution in [0.2, 0.25) is 96.7 Å². The average Bonchev–Trinajstić information content (AvgIpc) is 2.82. The number of rotatable bonds is 19. The van der Waals surface area contributed by atoms with Crippen molar-refractivity contribution in [2.45, 2.75) is 176 Å². The molecule has 0 radical (unpaired) electrons. The van der Waals surface area contributed by atoms with E-state index in [1.807, 2.05) is 5.57 Å². The zero-order valence-corrected chi connectivity index (χ0v) is 39.1. The molecule has 0 aliphatic heterocycles. The van der Waals surface area contributed by atoms with Gasteiger partial charge in [-0.2, -0.15) is 0 Å².